The fourth-order valence-electron chi connectivity index (χ4n) is 5.89. The molecule has 0 spiro atoms. The van der Waals surface area contributed by atoms with Crippen molar-refractivity contribution in [2.45, 2.75) is 19.4 Å². The number of carboxylic acid groups (broad SMARTS) is 1. The highest BCUT2D eigenvalue weighted by molar-refractivity contribution is 6.38. The van der Waals surface area contributed by atoms with Gasteiger partial charge in [0.2, 0.25) is 5.43 Å². The number of rotatable bonds is 6. The number of pyridine rings is 1. The molecule has 0 atom stereocenters. The maximum atomic E-state index is 15.6. The Labute approximate surface area is 244 Å². The van der Waals surface area contributed by atoms with Crippen molar-refractivity contribution in [3.63, 3.8) is 0 Å². The minimum absolute atomic E-state index is 0.0733. The molecule has 0 saturated carbocycles. The molecule has 0 radical (unpaired) electrons. The van der Waals surface area contributed by atoms with Crippen molar-refractivity contribution >= 4 is 39.8 Å². The Morgan fingerprint density at radius 1 is 0.833 bits per heavy atom. The lowest BCUT2D eigenvalue weighted by Gasteiger charge is -2.38. The summed E-state index contributed by atoms with van der Waals surface area (Å²) in [4.78, 5) is 31.1. The number of fused-ring (bicyclic) bond motifs is 1. The Morgan fingerprint density at radius 3 is 2.12 bits per heavy atom. The van der Waals surface area contributed by atoms with E-state index in [-0.39, 0.29) is 33.1 Å². The number of aromatic nitrogens is 1. The summed E-state index contributed by atoms with van der Waals surface area (Å²) in [6.45, 7) is 4.04. The average molecular weight is 597 g/mol. The highest BCUT2D eigenvalue weighted by atomic mass is 35.5. The van der Waals surface area contributed by atoms with E-state index >= 15 is 8.78 Å². The van der Waals surface area contributed by atoms with Gasteiger partial charge in [0.25, 0.3) is 0 Å². The second-order valence-electron chi connectivity index (χ2n) is 10.7. The van der Waals surface area contributed by atoms with Gasteiger partial charge in [0, 0.05) is 55.9 Å². The van der Waals surface area contributed by atoms with Crippen LogP contribution < -0.4 is 15.2 Å². The molecule has 42 heavy (non-hydrogen) atoms. The zero-order valence-corrected chi connectivity index (χ0v) is 23.4. The second kappa shape index (κ2) is 11.3. The van der Waals surface area contributed by atoms with Crippen LogP contribution in [0.2, 0.25) is 5.02 Å². The molecule has 3 aromatic carbocycles. The van der Waals surface area contributed by atoms with Gasteiger partial charge in [-0.3, -0.25) is 9.69 Å². The summed E-state index contributed by atoms with van der Waals surface area (Å²) < 4.78 is 45.7. The van der Waals surface area contributed by atoms with Crippen molar-refractivity contribution < 1.29 is 23.1 Å². The van der Waals surface area contributed by atoms with Gasteiger partial charge in [0.15, 0.2) is 0 Å². The van der Waals surface area contributed by atoms with Crippen LogP contribution in [0.15, 0.2) is 59.5 Å². The van der Waals surface area contributed by atoms with E-state index in [1.807, 2.05) is 4.90 Å². The van der Waals surface area contributed by atoms with Gasteiger partial charge in [0.1, 0.15) is 23.0 Å². The Balaban J connectivity index is 1.41. The van der Waals surface area contributed by atoms with Gasteiger partial charge < -0.3 is 19.5 Å². The van der Waals surface area contributed by atoms with E-state index in [0.29, 0.717) is 38.3 Å². The first-order valence-corrected chi connectivity index (χ1v) is 14.2. The third kappa shape index (κ3) is 5.20. The van der Waals surface area contributed by atoms with Crippen molar-refractivity contribution in [1.82, 2.24) is 9.47 Å². The quantitative estimate of drug-likeness (QED) is 0.309. The lowest BCUT2D eigenvalue weighted by molar-refractivity contribution is 0.0695. The molecule has 0 bridgehead atoms. The van der Waals surface area contributed by atoms with E-state index in [1.165, 1.54) is 22.8 Å². The third-order valence-corrected chi connectivity index (χ3v) is 8.44. The largest absolute Gasteiger partial charge is 0.477 e. The van der Waals surface area contributed by atoms with Crippen molar-refractivity contribution in [3.8, 4) is 5.69 Å². The molecule has 0 unspecified atom stereocenters. The van der Waals surface area contributed by atoms with Crippen LogP contribution in [-0.2, 0) is 6.54 Å². The molecule has 1 aromatic heterocycles. The maximum absolute atomic E-state index is 15.6. The fraction of sp³-hybridized carbons (Fsp3) is 0.290. The number of piperazine rings is 1. The standard InChI is InChI=1S/C31H28ClF3N4O3/c32-27-28-23(16-26(35)29(27)38-13-11-37(12-14-38)21-7-4-20(33)5-8-21)30(40)24(31(41)42)18-39(28)22-6-3-19(25(34)15-22)17-36-9-1-2-10-36/h3-8,15-16,18H,1-2,9-14,17H2,(H,41,42). The Kier molecular flexibility index (Phi) is 7.59. The van der Waals surface area contributed by atoms with Crippen LogP contribution in [0, 0.1) is 17.5 Å². The zero-order chi connectivity index (χ0) is 29.5. The highest BCUT2D eigenvalue weighted by Crippen LogP contribution is 2.37. The number of benzene rings is 3. The van der Waals surface area contributed by atoms with Gasteiger partial charge in [-0.15, -0.1) is 0 Å². The monoisotopic (exact) mass is 596 g/mol. The average Bonchev–Trinajstić information content (AvgIpc) is 3.49. The number of likely N-dealkylation sites (tertiary alicyclic amines) is 1. The summed E-state index contributed by atoms with van der Waals surface area (Å²) in [5.41, 5.74) is 0.299. The number of halogens is 4. The molecule has 2 saturated heterocycles. The topological polar surface area (TPSA) is 69.0 Å². The molecule has 2 aliphatic heterocycles. The van der Waals surface area contributed by atoms with E-state index < -0.39 is 28.6 Å². The lowest BCUT2D eigenvalue weighted by Crippen LogP contribution is -2.47. The zero-order valence-electron chi connectivity index (χ0n) is 22.6. The molecule has 7 nitrogen and oxygen atoms in total. The summed E-state index contributed by atoms with van der Waals surface area (Å²) in [6, 6.07) is 11.7. The van der Waals surface area contributed by atoms with Crippen LogP contribution in [0.3, 0.4) is 0 Å². The SMILES string of the molecule is O=C(O)c1cn(-c2ccc(CN3CCCC3)c(F)c2)c2c(Cl)c(N3CCN(c4ccc(F)cc4)CC3)c(F)cc2c1=O. The molecule has 11 heteroatoms. The Hall–Kier alpha value is -4.02. The van der Waals surface area contributed by atoms with Crippen molar-refractivity contribution in [2.24, 2.45) is 0 Å². The molecular weight excluding hydrogens is 569 g/mol. The molecule has 2 fully saturated rings. The van der Waals surface area contributed by atoms with Crippen molar-refractivity contribution in [3.05, 3.63) is 98.6 Å². The van der Waals surface area contributed by atoms with E-state index in [4.69, 9.17) is 11.6 Å². The van der Waals surface area contributed by atoms with Gasteiger partial charge in [0.05, 0.1) is 21.6 Å². The molecular formula is C31H28ClF3N4O3. The molecule has 218 valence electrons. The smallest absolute Gasteiger partial charge is 0.341 e. The third-order valence-electron chi connectivity index (χ3n) is 8.08. The van der Waals surface area contributed by atoms with E-state index in [0.717, 1.165) is 43.9 Å². The van der Waals surface area contributed by atoms with Crippen LogP contribution in [0.1, 0.15) is 28.8 Å². The van der Waals surface area contributed by atoms with Gasteiger partial charge >= 0.3 is 5.97 Å². The first-order chi connectivity index (χ1) is 20.2. The molecule has 2 aliphatic rings. The predicted molar refractivity (Wildman–Crippen MR) is 157 cm³/mol. The van der Waals surface area contributed by atoms with Gasteiger partial charge in [-0.05, 0) is 68.4 Å². The van der Waals surface area contributed by atoms with Crippen LogP contribution in [-0.4, -0.2) is 59.8 Å². The molecule has 0 aliphatic carbocycles. The van der Waals surface area contributed by atoms with Gasteiger partial charge in [-0.2, -0.15) is 0 Å². The number of carboxylic acids is 1. The second-order valence-corrected chi connectivity index (χ2v) is 11.1. The van der Waals surface area contributed by atoms with Crippen LogP contribution in [0.4, 0.5) is 24.5 Å². The normalized spacial score (nSPS) is 16.0. The van der Waals surface area contributed by atoms with Crippen LogP contribution in [0.5, 0.6) is 0 Å². The number of nitrogens with zero attached hydrogens (tertiary/aromatic N) is 4. The van der Waals surface area contributed by atoms with Crippen LogP contribution >= 0.6 is 11.6 Å². The first kappa shape index (κ1) is 28.1. The first-order valence-electron chi connectivity index (χ1n) is 13.8. The minimum atomic E-state index is -1.49. The van der Waals surface area contributed by atoms with E-state index in [2.05, 4.69) is 4.90 Å². The number of hydrogen-bond acceptors (Lipinski definition) is 5. The molecule has 1 N–H and O–H groups in total. The van der Waals surface area contributed by atoms with Crippen molar-refractivity contribution in [2.75, 3.05) is 49.1 Å². The molecule has 6 rings (SSSR count). The number of hydrogen-bond donors (Lipinski definition) is 1. The van der Waals surface area contributed by atoms with Crippen LogP contribution in [0.25, 0.3) is 16.6 Å². The van der Waals surface area contributed by atoms with E-state index in [1.54, 1.807) is 29.2 Å². The Bertz CT molecular complexity index is 1730. The number of carbonyl (C=O) groups is 1. The van der Waals surface area contributed by atoms with E-state index in [9.17, 15) is 19.1 Å². The number of aromatic carboxylic acids is 1. The summed E-state index contributed by atoms with van der Waals surface area (Å²) >= 11 is 6.85. The lowest BCUT2D eigenvalue weighted by atomic mass is 10.1. The summed E-state index contributed by atoms with van der Waals surface area (Å²) in [5, 5.41) is 9.44. The van der Waals surface area contributed by atoms with Crippen molar-refractivity contribution in [1.29, 1.82) is 0 Å². The van der Waals surface area contributed by atoms with Gasteiger partial charge in [-0.25, -0.2) is 18.0 Å². The Morgan fingerprint density at radius 2 is 1.48 bits per heavy atom. The molecule has 4 aromatic rings. The summed E-state index contributed by atoms with van der Waals surface area (Å²) in [7, 11) is 0. The highest BCUT2D eigenvalue weighted by Gasteiger charge is 2.27. The van der Waals surface area contributed by atoms with Gasteiger partial charge in [-0.1, -0.05) is 17.7 Å². The minimum Gasteiger partial charge on any atom is -0.477 e. The maximum Gasteiger partial charge on any atom is 0.341 e. The molecule has 3 heterocycles. The predicted octanol–water partition coefficient (Wildman–Crippen LogP) is 5.68. The number of anilines is 2. The summed E-state index contributed by atoms with van der Waals surface area (Å²) in [5.74, 6) is -3.06. The fourth-order valence-corrected chi connectivity index (χ4v) is 6.29. The summed E-state index contributed by atoms with van der Waals surface area (Å²) in [6.07, 6.45) is 3.25. The molecule has 0 amide bonds.